The van der Waals surface area contributed by atoms with Crippen LogP contribution in [0.3, 0.4) is 0 Å². The molecular weight excluding hydrogens is 179 g/mol. The molecule has 0 aliphatic heterocycles. The predicted molar refractivity (Wildman–Crippen MR) is 54.4 cm³/mol. The second-order valence-corrected chi connectivity index (χ2v) is 3.65. The topological polar surface area (TPSA) is 49.8 Å². The molecule has 0 aliphatic rings. The molecular formula is C11H13FN2. The molecule has 0 aliphatic carbocycles. The summed E-state index contributed by atoms with van der Waals surface area (Å²) in [5, 5.41) is 8.91. The van der Waals surface area contributed by atoms with Crippen molar-refractivity contribution in [2.75, 3.05) is 5.73 Å². The van der Waals surface area contributed by atoms with Crippen LogP contribution in [0.2, 0.25) is 0 Å². The SMILES string of the molecule is Cc1cc(N)c(F)c(C(C)C)c1C#N. The molecule has 0 fully saturated rings. The van der Waals surface area contributed by atoms with E-state index in [1.54, 1.807) is 6.92 Å². The third kappa shape index (κ3) is 1.56. The number of rotatable bonds is 1. The van der Waals surface area contributed by atoms with E-state index in [1.165, 1.54) is 6.07 Å². The summed E-state index contributed by atoms with van der Waals surface area (Å²) in [4.78, 5) is 0. The molecule has 0 bridgehead atoms. The molecule has 0 radical (unpaired) electrons. The molecule has 2 N–H and O–H groups in total. The summed E-state index contributed by atoms with van der Waals surface area (Å²) in [6.07, 6.45) is 0. The van der Waals surface area contributed by atoms with Gasteiger partial charge < -0.3 is 5.73 Å². The molecule has 1 aromatic rings. The number of nitrogens with two attached hydrogens (primary N) is 1. The van der Waals surface area contributed by atoms with Gasteiger partial charge in [0, 0.05) is 5.56 Å². The first-order valence-corrected chi connectivity index (χ1v) is 4.47. The van der Waals surface area contributed by atoms with Crippen molar-refractivity contribution >= 4 is 5.69 Å². The van der Waals surface area contributed by atoms with E-state index in [2.05, 4.69) is 0 Å². The molecule has 3 heteroatoms. The van der Waals surface area contributed by atoms with Crippen molar-refractivity contribution in [2.45, 2.75) is 26.7 Å². The Morgan fingerprint density at radius 1 is 1.50 bits per heavy atom. The van der Waals surface area contributed by atoms with Crippen LogP contribution in [-0.2, 0) is 0 Å². The molecule has 14 heavy (non-hydrogen) atoms. The number of nitrogen functional groups attached to an aromatic ring is 1. The molecule has 0 amide bonds. The van der Waals surface area contributed by atoms with Gasteiger partial charge in [-0.1, -0.05) is 13.8 Å². The highest BCUT2D eigenvalue weighted by Crippen LogP contribution is 2.28. The Bertz CT molecular complexity index is 403. The smallest absolute Gasteiger partial charge is 0.150 e. The lowest BCUT2D eigenvalue weighted by atomic mass is 9.93. The van der Waals surface area contributed by atoms with Crippen LogP contribution in [0.1, 0.15) is 36.5 Å². The molecule has 0 aromatic heterocycles. The van der Waals surface area contributed by atoms with E-state index in [1.807, 2.05) is 19.9 Å². The standard InChI is InChI=1S/C11H13FN2/c1-6(2)10-8(5-13)7(3)4-9(14)11(10)12/h4,6H,14H2,1-3H3. The number of nitriles is 1. The molecule has 0 unspecified atom stereocenters. The molecule has 74 valence electrons. The van der Waals surface area contributed by atoms with Crippen LogP contribution in [0.25, 0.3) is 0 Å². The van der Waals surface area contributed by atoms with Crippen molar-refractivity contribution in [1.82, 2.24) is 0 Å². The number of anilines is 1. The molecule has 0 atom stereocenters. The van der Waals surface area contributed by atoms with Gasteiger partial charge >= 0.3 is 0 Å². The van der Waals surface area contributed by atoms with Gasteiger partial charge in [0.1, 0.15) is 0 Å². The Balaban J connectivity index is 3.59. The normalized spacial score (nSPS) is 10.3. The Labute approximate surface area is 83.2 Å². The third-order valence-electron chi connectivity index (χ3n) is 2.21. The highest BCUT2D eigenvalue weighted by molar-refractivity contribution is 5.56. The quantitative estimate of drug-likeness (QED) is 0.695. The highest BCUT2D eigenvalue weighted by atomic mass is 19.1. The first kappa shape index (κ1) is 10.5. The Kier molecular flexibility index (Phi) is 2.76. The number of halogens is 1. The van der Waals surface area contributed by atoms with Gasteiger partial charge in [-0.05, 0) is 24.5 Å². The number of hydrogen-bond acceptors (Lipinski definition) is 2. The summed E-state index contributed by atoms with van der Waals surface area (Å²) in [6.45, 7) is 5.45. The van der Waals surface area contributed by atoms with Crippen LogP contribution in [0.5, 0.6) is 0 Å². The van der Waals surface area contributed by atoms with Gasteiger partial charge in [0.05, 0.1) is 17.3 Å². The van der Waals surface area contributed by atoms with Crippen molar-refractivity contribution in [1.29, 1.82) is 5.26 Å². The van der Waals surface area contributed by atoms with E-state index in [-0.39, 0.29) is 11.6 Å². The maximum absolute atomic E-state index is 13.6. The summed E-state index contributed by atoms with van der Waals surface area (Å²) in [7, 11) is 0. The first-order valence-electron chi connectivity index (χ1n) is 4.47. The lowest BCUT2D eigenvalue weighted by Gasteiger charge is -2.13. The van der Waals surface area contributed by atoms with Gasteiger partial charge in [-0.25, -0.2) is 4.39 Å². The highest BCUT2D eigenvalue weighted by Gasteiger charge is 2.17. The van der Waals surface area contributed by atoms with Crippen molar-refractivity contribution in [3.8, 4) is 6.07 Å². The van der Waals surface area contributed by atoms with E-state index in [0.717, 1.165) is 5.56 Å². The number of aryl methyl sites for hydroxylation is 1. The second-order valence-electron chi connectivity index (χ2n) is 3.65. The lowest BCUT2D eigenvalue weighted by Crippen LogP contribution is -2.04. The molecule has 0 spiro atoms. The van der Waals surface area contributed by atoms with Crippen LogP contribution in [0.15, 0.2) is 6.07 Å². The zero-order valence-corrected chi connectivity index (χ0v) is 8.56. The van der Waals surface area contributed by atoms with Gasteiger partial charge in [0.2, 0.25) is 0 Å². The summed E-state index contributed by atoms with van der Waals surface area (Å²) >= 11 is 0. The monoisotopic (exact) mass is 192 g/mol. The summed E-state index contributed by atoms with van der Waals surface area (Å²) in [6, 6.07) is 3.52. The van der Waals surface area contributed by atoms with Gasteiger partial charge in [-0.3, -0.25) is 0 Å². The molecule has 2 nitrogen and oxygen atoms in total. The van der Waals surface area contributed by atoms with Gasteiger partial charge in [0.25, 0.3) is 0 Å². The van der Waals surface area contributed by atoms with E-state index < -0.39 is 5.82 Å². The molecule has 1 rings (SSSR count). The summed E-state index contributed by atoms with van der Waals surface area (Å²) in [5.41, 5.74) is 7.18. The fraction of sp³-hybridized carbons (Fsp3) is 0.364. The average Bonchev–Trinajstić information content (AvgIpc) is 2.10. The van der Waals surface area contributed by atoms with Crippen LogP contribution < -0.4 is 5.73 Å². The predicted octanol–water partition coefficient (Wildman–Crippen LogP) is 2.71. The number of nitrogens with zero attached hydrogens (tertiary/aromatic N) is 1. The summed E-state index contributed by atoms with van der Waals surface area (Å²) in [5.74, 6) is -0.492. The molecule has 1 aromatic carbocycles. The van der Waals surface area contributed by atoms with Gasteiger partial charge in [0.15, 0.2) is 5.82 Å². The second kappa shape index (κ2) is 3.67. The largest absolute Gasteiger partial charge is 0.396 e. The number of hydrogen-bond donors (Lipinski definition) is 1. The van der Waals surface area contributed by atoms with Crippen LogP contribution in [0, 0.1) is 24.1 Å². The Hall–Kier alpha value is -1.56. The van der Waals surface area contributed by atoms with E-state index >= 15 is 0 Å². The van der Waals surface area contributed by atoms with Crippen LogP contribution in [-0.4, -0.2) is 0 Å². The lowest BCUT2D eigenvalue weighted by molar-refractivity contribution is 0.601. The molecule has 0 heterocycles. The minimum Gasteiger partial charge on any atom is -0.396 e. The zero-order chi connectivity index (χ0) is 10.9. The maximum atomic E-state index is 13.6. The minimum absolute atomic E-state index is 0.0353. The molecule has 0 saturated heterocycles. The van der Waals surface area contributed by atoms with E-state index in [9.17, 15) is 4.39 Å². The van der Waals surface area contributed by atoms with Gasteiger partial charge in [-0.15, -0.1) is 0 Å². The zero-order valence-electron chi connectivity index (χ0n) is 8.56. The van der Waals surface area contributed by atoms with Crippen molar-refractivity contribution < 1.29 is 4.39 Å². The third-order valence-corrected chi connectivity index (χ3v) is 2.21. The van der Waals surface area contributed by atoms with Crippen LogP contribution in [0.4, 0.5) is 10.1 Å². The summed E-state index contributed by atoms with van der Waals surface area (Å²) < 4.78 is 13.6. The van der Waals surface area contributed by atoms with Gasteiger partial charge in [-0.2, -0.15) is 5.26 Å². The van der Waals surface area contributed by atoms with Crippen molar-refractivity contribution in [2.24, 2.45) is 0 Å². The van der Waals surface area contributed by atoms with E-state index in [4.69, 9.17) is 11.0 Å². The fourth-order valence-electron chi connectivity index (χ4n) is 1.54. The number of benzene rings is 1. The molecule has 0 saturated carbocycles. The maximum Gasteiger partial charge on any atom is 0.150 e. The van der Waals surface area contributed by atoms with E-state index in [0.29, 0.717) is 11.1 Å². The Morgan fingerprint density at radius 3 is 2.50 bits per heavy atom. The average molecular weight is 192 g/mol. The Morgan fingerprint density at radius 2 is 2.07 bits per heavy atom. The van der Waals surface area contributed by atoms with Crippen molar-refractivity contribution in [3.05, 3.63) is 28.6 Å². The van der Waals surface area contributed by atoms with Crippen LogP contribution >= 0.6 is 0 Å². The van der Waals surface area contributed by atoms with Crippen molar-refractivity contribution in [3.63, 3.8) is 0 Å². The minimum atomic E-state index is -0.456. The fourth-order valence-corrected chi connectivity index (χ4v) is 1.54. The first-order chi connectivity index (χ1) is 6.49.